The third-order valence-corrected chi connectivity index (χ3v) is 6.90. The molecule has 2 aliphatic carbocycles. The highest BCUT2D eigenvalue weighted by Crippen LogP contribution is 2.66. The molecule has 0 radical (unpaired) electrons. The van der Waals surface area contributed by atoms with Crippen LogP contribution in [0.3, 0.4) is 0 Å². The van der Waals surface area contributed by atoms with Crippen LogP contribution in [0.4, 0.5) is 0 Å². The molecule has 1 spiro atoms. The lowest BCUT2D eigenvalue weighted by atomic mass is 9.51. The molecule has 120 valence electrons. The maximum Gasteiger partial charge on any atom is 0.205 e. The van der Waals surface area contributed by atoms with Gasteiger partial charge in [-0.3, -0.25) is 4.79 Å². The minimum Gasteiger partial charge on any atom is -0.493 e. The summed E-state index contributed by atoms with van der Waals surface area (Å²) in [6.07, 6.45) is 1.42. The number of hydrogen-bond donors (Lipinski definition) is 0. The van der Waals surface area contributed by atoms with E-state index in [1.165, 1.54) is 11.1 Å². The van der Waals surface area contributed by atoms with Crippen molar-refractivity contribution in [2.24, 2.45) is 5.92 Å². The van der Waals surface area contributed by atoms with Gasteiger partial charge in [-0.05, 0) is 38.1 Å². The number of benzene rings is 1. The smallest absolute Gasteiger partial charge is 0.205 e. The van der Waals surface area contributed by atoms with E-state index in [2.05, 4.69) is 18.0 Å². The fraction of sp³-hybridized carbons (Fsp3) is 0.611. The van der Waals surface area contributed by atoms with Crippen LogP contribution in [-0.2, 0) is 21.4 Å². The van der Waals surface area contributed by atoms with E-state index in [9.17, 15) is 4.79 Å². The molecule has 23 heavy (non-hydrogen) atoms. The number of rotatable bonds is 1. The Balaban J connectivity index is 1.68. The van der Waals surface area contributed by atoms with Gasteiger partial charge in [0.25, 0.3) is 0 Å². The SMILES string of the molecule is COc1ccc2c3c1O[C@H]1C(=O)C4OC4[C@H]4[C@H](C2)N(C)CC[C@]314. The van der Waals surface area contributed by atoms with Gasteiger partial charge >= 0.3 is 0 Å². The topological polar surface area (TPSA) is 51.3 Å². The predicted molar refractivity (Wildman–Crippen MR) is 81.0 cm³/mol. The van der Waals surface area contributed by atoms with Crippen molar-refractivity contribution in [3.8, 4) is 11.5 Å². The molecule has 5 heteroatoms. The molecule has 0 aromatic heterocycles. The molecule has 1 saturated carbocycles. The number of carbonyl (C=O) groups excluding carboxylic acids is 1. The van der Waals surface area contributed by atoms with Crippen molar-refractivity contribution >= 4 is 5.78 Å². The second kappa shape index (κ2) is 3.73. The monoisotopic (exact) mass is 313 g/mol. The van der Waals surface area contributed by atoms with Crippen molar-refractivity contribution in [2.75, 3.05) is 20.7 Å². The molecule has 3 heterocycles. The third-order valence-electron chi connectivity index (χ3n) is 6.90. The highest BCUT2D eigenvalue weighted by Gasteiger charge is 2.75. The maximum atomic E-state index is 12.9. The second-order valence-corrected chi connectivity index (χ2v) is 7.62. The number of Topliss-reactive ketones (excluding diaryl/α,β-unsaturated/α-hetero) is 1. The second-order valence-electron chi connectivity index (χ2n) is 7.62. The predicted octanol–water partition coefficient (Wildman–Crippen LogP) is 0.920. The average Bonchev–Trinajstić information content (AvgIpc) is 3.27. The van der Waals surface area contributed by atoms with Gasteiger partial charge in [-0.25, -0.2) is 0 Å². The quantitative estimate of drug-likeness (QED) is 0.722. The first kappa shape index (κ1) is 12.8. The molecule has 3 fully saturated rings. The van der Waals surface area contributed by atoms with E-state index in [1.807, 2.05) is 6.07 Å². The van der Waals surface area contributed by atoms with Crippen LogP contribution in [0.25, 0.3) is 0 Å². The van der Waals surface area contributed by atoms with Gasteiger partial charge in [-0.15, -0.1) is 0 Å². The van der Waals surface area contributed by atoms with Crippen LogP contribution < -0.4 is 9.47 Å². The van der Waals surface area contributed by atoms with Crippen molar-refractivity contribution in [3.05, 3.63) is 23.3 Å². The number of nitrogens with zero attached hydrogens (tertiary/aromatic N) is 1. The molecule has 2 bridgehead atoms. The Hall–Kier alpha value is -1.59. The van der Waals surface area contributed by atoms with Gasteiger partial charge in [0.2, 0.25) is 5.78 Å². The van der Waals surface area contributed by atoms with Gasteiger partial charge in [0.05, 0.1) is 18.6 Å². The summed E-state index contributed by atoms with van der Waals surface area (Å²) in [7, 11) is 3.87. The molecule has 2 saturated heterocycles. The van der Waals surface area contributed by atoms with E-state index in [0.29, 0.717) is 12.0 Å². The van der Waals surface area contributed by atoms with Crippen molar-refractivity contribution in [2.45, 2.75) is 42.6 Å². The molecule has 6 rings (SSSR count). The van der Waals surface area contributed by atoms with Crippen molar-refractivity contribution in [1.82, 2.24) is 4.90 Å². The summed E-state index contributed by atoms with van der Waals surface area (Å²) in [6.45, 7) is 1.00. The molecule has 1 aromatic rings. The van der Waals surface area contributed by atoms with Crippen LogP contribution >= 0.6 is 0 Å². The van der Waals surface area contributed by atoms with Crippen molar-refractivity contribution in [3.63, 3.8) is 0 Å². The van der Waals surface area contributed by atoms with E-state index in [-0.39, 0.29) is 23.4 Å². The van der Waals surface area contributed by atoms with Crippen LogP contribution in [0.2, 0.25) is 0 Å². The van der Waals surface area contributed by atoms with Crippen LogP contribution in [0.1, 0.15) is 17.5 Å². The molecule has 2 unspecified atom stereocenters. The van der Waals surface area contributed by atoms with Gasteiger partial charge in [0.1, 0.15) is 6.10 Å². The molecule has 5 aliphatic rings. The number of methoxy groups -OCH3 is 1. The fourth-order valence-electron chi connectivity index (χ4n) is 5.93. The van der Waals surface area contributed by atoms with Gasteiger partial charge in [0, 0.05) is 17.5 Å². The van der Waals surface area contributed by atoms with E-state index in [1.54, 1.807) is 7.11 Å². The lowest BCUT2D eigenvalue weighted by Crippen LogP contribution is -2.67. The lowest BCUT2D eigenvalue weighted by molar-refractivity contribution is -0.135. The Morgan fingerprint density at radius 2 is 2.26 bits per heavy atom. The van der Waals surface area contributed by atoms with E-state index in [4.69, 9.17) is 14.2 Å². The van der Waals surface area contributed by atoms with Crippen LogP contribution in [0, 0.1) is 5.92 Å². The summed E-state index contributed by atoms with van der Waals surface area (Å²) in [6, 6.07) is 4.59. The molecular formula is C18H19NO4. The highest BCUT2D eigenvalue weighted by atomic mass is 16.6. The minimum absolute atomic E-state index is 0.0837. The Morgan fingerprint density at radius 3 is 3.09 bits per heavy atom. The van der Waals surface area contributed by atoms with Gasteiger partial charge in [-0.2, -0.15) is 0 Å². The van der Waals surface area contributed by atoms with Crippen LogP contribution in [-0.4, -0.2) is 55.7 Å². The van der Waals surface area contributed by atoms with Gasteiger partial charge in [0.15, 0.2) is 17.6 Å². The molecule has 1 aromatic carbocycles. The summed E-state index contributed by atoms with van der Waals surface area (Å²) in [5, 5.41) is 0. The number of epoxide rings is 1. The molecule has 6 atom stereocenters. The molecular weight excluding hydrogens is 294 g/mol. The summed E-state index contributed by atoms with van der Waals surface area (Å²) in [5.41, 5.74) is 2.37. The largest absolute Gasteiger partial charge is 0.493 e. The Morgan fingerprint density at radius 1 is 1.39 bits per heavy atom. The zero-order valence-corrected chi connectivity index (χ0v) is 13.2. The van der Waals surface area contributed by atoms with E-state index < -0.39 is 6.10 Å². The molecule has 0 amide bonds. The maximum absolute atomic E-state index is 12.9. The fourth-order valence-corrected chi connectivity index (χ4v) is 5.93. The first-order chi connectivity index (χ1) is 11.2. The number of hydrogen-bond acceptors (Lipinski definition) is 5. The standard InChI is InChI=1S/C18H19NO4/c1-19-6-5-18-11-8-3-4-10(21-2)14(11)23-17(18)13(20)16-15(22-16)12(18)9(19)7-8/h3-4,9,12,15-17H,5-7H2,1-2H3/t9-,12+,15?,16?,17-,18+/m0/s1. The van der Waals surface area contributed by atoms with E-state index in [0.717, 1.165) is 30.9 Å². The normalized spacial score (nSPS) is 45.1. The number of carbonyl (C=O) groups is 1. The van der Waals surface area contributed by atoms with Crippen LogP contribution in [0.15, 0.2) is 12.1 Å². The highest BCUT2D eigenvalue weighted by molar-refractivity contribution is 5.95. The first-order valence-corrected chi connectivity index (χ1v) is 8.43. The van der Waals surface area contributed by atoms with Crippen molar-refractivity contribution < 1.29 is 19.0 Å². The summed E-state index contributed by atoms with van der Waals surface area (Å²) in [5.74, 6) is 2.07. The minimum atomic E-state index is -0.391. The van der Waals surface area contributed by atoms with Gasteiger partial charge in [-0.1, -0.05) is 6.07 Å². The number of likely N-dealkylation sites (N-methyl/N-ethyl adjacent to an activating group) is 1. The Labute approximate surface area is 134 Å². The number of piperidine rings is 1. The number of likely N-dealkylation sites (tertiary alicyclic amines) is 1. The lowest BCUT2D eigenvalue weighted by Gasteiger charge is -2.55. The first-order valence-electron chi connectivity index (χ1n) is 8.43. The van der Waals surface area contributed by atoms with Crippen LogP contribution in [0.5, 0.6) is 11.5 Å². The molecule has 3 aliphatic heterocycles. The number of ketones is 1. The van der Waals surface area contributed by atoms with E-state index >= 15 is 0 Å². The summed E-state index contributed by atoms with van der Waals surface area (Å²) < 4.78 is 17.6. The molecule has 5 nitrogen and oxygen atoms in total. The summed E-state index contributed by atoms with van der Waals surface area (Å²) in [4.78, 5) is 15.3. The number of fused-ring (bicyclic) bond motifs is 1. The summed E-state index contributed by atoms with van der Waals surface area (Å²) >= 11 is 0. The Kier molecular flexibility index (Phi) is 2.07. The zero-order valence-electron chi connectivity index (χ0n) is 13.2. The number of ether oxygens (including phenoxy) is 3. The molecule has 0 N–H and O–H groups in total. The average molecular weight is 313 g/mol. The van der Waals surface area contributed by atoms with Crippen molar-refractivity contribution in [1.29, 1.82) is 0 Å². The van der Waals surface area contributed by atoms with Gasteiger partial charge < -0.3 is 19.1 Å². The third kappa shape index (κ3) is 1.22. The Bertz CT molecular complexity index is 762. The zero-order chi connectivity index (χ0) is 15.5.